The Labute approximate surface area is 99.0 Å². The van der Waals surface area contributed by atoms with E-state index < -0.39 is 5.92 Å². The molecule has 1 saturated heterocycles. The first-order valence-electron chi connectivity index (χ1n) is 6.63. The summed E-state index contributed by atoms with van der Waals surface area (Å²) in [5.41, 5.74) is -0.00579. The van der Waals surface area contributed by atoms with Gasteiger partial charge in [0.2, 0.25) is 5.92 Å². The molecule has 0 aromatic heterocycles. The van der Waals surface area contributed by atoms with Crippen molar-refractivity contribution >= 4 is 0 Å². The first kappa shape index (κ1) is 15.8. The van der Waals surface area contributed by atoms with Crippen LogP contribution in [-0.2, 0) is 0 Å². The van der Waals surface area contributed by atoms with Crippen LogP contribution < -0.4 is 5.32 Å². The molecule has 2 rings (SSSR count). The molecule has 1 spiro atoms. The summed E-state index contributed by atoms with van der Waals surface area (Å²) in [6.45, 7) is 11.0. The Bertz CT molecular complexity index is 179. The Morgan fingerprint density at radius 1 is 1.06 bits per heavy atom. The van der Waals surface area contributed by atoms with E-state index in [0.29, 0.717) is 6.04 Å². The molecule has 3 heteroatoms. The SMILES string of the molecule is CC.CC.CC1CC2(CCN1)CC(F)(F)C2. The highest BCUT2D eigenvalue weighted by Gasteiger charge is 2.56. The molecule has 16 heavy (non-hydrogen) atoms. The molecule has 1 atom stereocenters. The lowest BCUT2D eigenvalue weighted by molar-refractivity contribution is -0.173. The van der Waals surface area contributed by atoms with E-state index in [-0.39, 0.29) is 18.3 Å². The Morgan fingerprint density at radius 2 is 1.56 bits per heavy atom. The molecule has 1 N–H and O–H groups in total. The molecule has 1 heterocycles. The maximum absolute atomic E-state index is 12.7. The molecule has 98 valence electrons. The van der Waals surface area contributed by atoms with E-state index in [1.54, 1.807) is 0 Å². The van der Waals surface area contributed by atoms with Crippen LogP contribution in [-0.4, -0.2) is 18.5 Å². The highest BCUT2D eigenvalue weighted by atomic mass is 19.3. The van der Waals surface area contributed by atoms with Crippen molar-refractivity contribution in [2.75, 3.05) is 6.54 Å². The average molecular weight is 235 g/mol. The molecule has 2 fully saturated rings. The summed E-state index contributed by atoms with van der Waals surface area (Å²) in [5.74, 6) is -2.35. The van der Waals surface area contributed by atoms with Gasteiger partial charge in [-0.2, -0.15) is 0 Å². The highest BCUT2D eigenvalue weighted by Crippen LogP contribution is 2.57. The molecule has 1 unspecified atom stereocenters. The van der Waals surface area contributed by atoms with Gasteiger partial charge in [-0.25, -0.2) is 8.78 Å². The van der Waals surface area contributed by atoms with Crippen molar-refractivity contribution in [3.63, 3.8) is 0 Å². The van der Waals surface area contributed by atoms with Crippen molar-refractivity contribution in [2.45, 2.75) is 72.3 Å². The second-order valence-electron chi connectivity index (χ2n) is 4.52. The van der Waals surface area contributed by atoms with Gasteiger partial charge in [0.05, 0.1) is 0 Å². The van der Waals surface area contributed by atoms with E-state index in [0.717, 1.165) is 19.4 Å². The van der Waals surface area contributed by atoms with Gasteiger partial charge < -0.3 is 5.32 Å². The summed E-state index contributed by atoms with van der Waals surface area (Å²) < 4.78 is 25.3. The zero-order chi connectivity index (χ0) is 12.8. The zero-order valence-electron chi connectivity index (χ0n) is 11.4. The fraction of sp³-hybridized carbons (Fsp3) is 1.00. The second-order valence-corrected chi connectivity index (χ2v) is 4.52. The minimum atomic E-state index is -2.35. The number of hydrogen-bond donors (Lipinski definition) is 1. The van der Waals surface area contributed by atoms with Gasteiger partial charge >= 0.3 is 0 Å². The zero-order valence-corrected chi connectivity index (χ0v) is 11.4. The van der Waals surface area contributed by atoms with E-state index >= 15 is 0 Å². The van der Waals surface area contributed by atoms with Crippen LogP contribution in [0.5, 0.6) is 0 Å². The number of piperidine rings is 1. The van der Waals surface area contributed by atoms with Crippen LogP contribution in [0.4, 0.5) is 8.78 Å². The van der Waals surface area contributed by atoms with Gasteiger partial charge in [0.1, 0.15) is 0 Å². The van der Waals surface area contributed by atoms with Crippen molar-refractivity contribution in [3.05, 3.63) is 0 Å². The maximum atomic E-state index is 12.7. The highest BCUT2D eigenvalue weighted by molar-refractivity contribution is 5.02. The second kappa shape index (κ2) is 6.53. The predicted molar refractivity (Wildman–Crippen MR) is 66.0 cm³/mol. The number of rotatable bonds is 0. The molecule has 0 aromatic rings. The monoisotopic (exact) mass is 235 g/mol. The summed E-state index contributed by atoms with van der Waals surface area (Å²) >= 11 is 0. The van der Waals surface area contributed by atoms with Gasteiger partial charge in [-0.05, 0) is 31.7 Å². The number of alkyl halides is 2. The molecule has 2 aliphatic rings. The van der Waals surface area contributed by atoms with Gasteiger partial charge in [0, 0.05) is 18.9 Å². The lowest BCUT2D eigenvalue weighted by Crippen LogP contribution is -2.53. The standard InChI is InChI=1S/C9H15F2N.2C2H6/c1-7-4-8(2-3-12-7)5-9(10,11)6-8;2*1-2/h7,12H,2-6H2,1H3;2*1-2H3. The summed E-state index contributed by atoms with van der Waals surface area (Å²) in [6, 6.07) is 0.426. The molecule has 0 radical (unpaired) electrons. The molecule has 0 amide bonds. The topological polar surface area (TPSA) is 12.0 Å². The normalized spacial score (nSPS) is 29.1. The van der Waals surface area contributed by atoms with Crippen LogP contribution in [0.1, 0.15) is 60.3 Å². The minimum absolute atomic E-state index is 0.00579. The predicted octanol–water partition coefficient (Wildman–Crippen LogP) is 4.23. The lowest BCUT2D eigenvalue weighted by atomic mass is 9.60. The average Bonchev–Trinajstić information content (AvgIpc) is 2.20. The molecule has 1 nitrogen and oxygen atoms in total. The van der Waals surface area contributed by atoms with E-state index in [1.165, 1.54) is 0 Å². The molecular formula is C13H27F2N. The Morgan fingerprint density at radius 3 is 1.94 bits per heavy atom. The molecule has 1 saturated carbocycles. The van der Waals surface area contributed by atoms with Crippen LogP contribution in [0.15, 0.2) is 0 Å². The van der Waals surface area contributed by atoms with Crippen molar-refractivity contribution in [1.82, 2.24) is 5.32 Å². The first-order valence-corrected chi connectivity index (χ1v) is 6.63. The third kappa shape index (κ3) is 4.00. The molecule has 1 aliphatic heterocycles. The summed E-state index contributed by atoms with van der Waals surface area (Å²) in [7, 11) is 0. The molecule has 1 aliphatic carbocycles. The minimum Gasteiger partial charge on any atom is -0.314 e. The summed E-state index contributed by atoms with van der Waals surface area (Å²) in [4.78, 5) is 0. The van der Waals surface area contributed by atoms with Crippen molar-refractivity contribution in [3.8, 4) is 0 Å². The first-order chi connectivity index (χ1) is 7.52. The van der Waals surface area contributed by atoms with Gasteiger partial charge in [0.25, 0.3) is 0 Å². The van der Waals surface area contributed by atoms with E-state index in [9.17, 15) is 8.78 Å². The van der Waals surface area contributed by atoms with Crippen LogP contribution in [0.3, 0.4) is 0 Å². The van der Waals surface area contributed by atoms with Crippen molar-refractivity contribution in [1.29, 1.82) is 0 Å². The van der Waals surface area contributed by atoms with Crippen LogP contribution in [0.2, 0.25) is 0 Å². The van der Waals surface area contributed by atoms with Crippen molar-refractivity contribution < 1.29 is 8.78 Å². The quantitative estimate of drug-likeness (QED) is 0.662. The van der Waals surface area contributed by atoms with Gasteiger partial charge in [-0.1, -0.05) is 27.7 Å². The van der Waals surface area contributed by atoms with Crippen LogP contribution >= 0.6 is 0 Å². The largest absolute Gasteiger partial charge is 0.314 e. The van der Waals surface area contributed by atoms with E-state index in [4.69, 9.17) is 0 Å². The Kier molecular flexibility index (Phi) is 6.46. The molecule has 0 bridgehead atoms. The lowest BCUT2D eigenvalue weighted by Gasteiger charge is -2.51. The third-order valence-electron chi connectivity index (χ3n) is 3.15. The Hall–Kier alpha value is -0.180. The third-order valence-corrected chi connectivity index (χ3v) is 3.15. The van der Waals surface area contributed by atoms with Crippen LogP contribution in [0, 0.1) is 5.41 Å². The van der Waals surface area contributed by atoms with Crippen molar-refractivity contribution in [2.24, 2.45) is 5.41 Å². The number of nitrogens with one attached hydrogen (secondary N) is 1. The summed E-state index contributed by atoms with van der Waals surface area (Å²) in [6.07, 6.45) is 2.13. The fourth-order valence-corrected chi connectivity index (χ4v) is 2.77. The smallest absolute Gasteiger partial charge is 0.249 e. The fourth-order valence-electron chi connectivity index (χ4n) is 2.77. The number of hydrogen-bond acceptors (Lipinski definition) is 1. The number of halogens is 2. The van der Waals surface area contributed by atoms with E-state index in [1.807, 2.05) is 27.7 Å². The van der Waals surface area contributed by atoms with Crippen LogP contribution in [0.25, 0.3) is 0 Å². The van der Waals surface area contributed by atoms with Gasteiger partial charge in [-0.3, -0.25) is 0 Å². The van der Waals surface area contributed by atoms with Gasteiger partial charge in [-0.15, -0.1) is 0 Å². The maximum Gasteiger partial charge on any atom is 0.249 e. The Balaban J connectivity index is 0.000000509. The summed E-state index contributed by atoms with van der Waals surface area (Å²) in [5, 5.41) is 3.29. The molecular weight excluding hydrogens is 208 g/mol. The van der Waals surface area contributed by atoms with Gasteiger partial charge in [0.15, 0.2) is 0 Å². The molecule has 0 aromatic carbocycles. The van der Waals surface area contributed by atoms with E-state index in [2.05, 4.69) is 12.2 Å².